The van der Waals surface area contributed by atoms with Gasteiger partial charge < -0.3 is 40.1 Å². The number of nitrogens with one attached hydrogen (secondary N) is 2. The molecule has 2 saturated heterocycles. The van der Waals surface area contributed by atoms with E-state index >= 15 is 0 Å². The fourth-order valence-corrected chi connectivity index (χ4v) is 9.13. The van der Waals surface area contributed by atoms with Gasteiger partial charge in [-0.15, -0.1) is 0 Å². The van der Waals surface area contributed by atoms with Crippen LogP contribution in [0.15, 0.2) is 35.3 Å². The number of ether oxygens (including phenoxy) is 2. The average Bonchev–Trinajstić information content (AvgIpc) is 3.80. The van der Waals surface area contributed by atoms with Crippen LogP contribution < -0.4 is 15.8 Å². The standard InChI is InChI=1S/C41H70N8O8S/c1-11-28(4)36(48(8)40(53)35(27(2)3)44-41-46(6)22-23-47(41)7)33(56-9)26-34(50)49-21-15-19-32(49)37(57-10)29(5)38(51)43-31(25-30-17-13-12-14-18-30)39(52)45-58(54,55)24-16-20-42/h12-14,17-18,27-29,31-33,35-37H,11,15-16,19-26,42H2,1-10H3,(H,43,51)(H,45,52)/t28-,29+,31-,32-,33+,35-,36-,37+/m0/s1. The summed E-state index contributed by atoms with van der Waals surface area (Å²) in [6.45, 7) is 12.0. The number of benzene rings is 1. The molecule has 4 amide bonds. The quantitative estimate of drug-likeness (QED) is 0.154. The summed E-state index contributed by atoms with van der Waals surface area (Å²) >= 11 is 0. The highest BCUT2D eigenvalue weighted by Gasteiger charge is 2.43. The third-order valence-corrected chi connectivity index (χ3v) is 13.0. The van der Waals surface area contributed by atoms with Crippen molar-refractivity contribution >= 4 is 39.6 Å². The SMILES string of the molecule is CC[C@H](C)[C@@H]([C@@H](CC(=O)N1CCC[C@H]1[C@H](OC)[C@@H](C)C(=O)N[C@@H](Cc1ccccc1)C(=O)NS(=O)(=O)CCCN)OC)N(C)C(=O)[C@@H](N=C1N(C)CCN1C)C(C)C. The van der Waals surface area contributed by atoms with Crippen molar-refractivity contribution in [2.24, 2.45) is 28.5 Å². The van der Waals surface area contributed by atoms with Crippen molar-refractivity contribution in [1.29, 1.82) is 0 Å². The summed E-state index contributed by atoms with van der Waals surface area (Å²) in [5.74, 6) is -2.16. The van der Waals surface area contributed by atoms with Crippen LogP contribution in [-0.4, -0.2) is 161 Å². The molecular formula is C41H70N8O8S. The molecule has 3 rings (SSSR count). The summed E-state index contributed by atoms with van der Waals surface area (Å²) in [6.07, 6.45) is 0.869. The van der Waals surface area contributed by atoms with Crippen LogP contribution in [-0.2, 0) is 45.1 Å². The summed E-state index contributed by atoms with van der Waals surface area (Å²) in [5, 5.41) is 2.77. The molecule has 328 valence electrons. The van der Waals surface area contributed by atoms with Gasteiger partial charge in [0.15, 0.2) is 5.96 Å². The second kappa shape index (κ2) is 22.5. The Kier molecular flexibility index (Phi) is 18.9. The van der Waals surface area contributed by atoms with Gasteiger partial charge in [-0.25, -0.2) is 13.4 Å². The molecule has 16 nitrogen and oxygen atoms in total. The predicted molar refractivity (Wildman–Crippen MR) is 225 cm³/mol. The first-order valence-electron chi connectivity index (χ1n) is 20.6. The van der Waals surface area contributed by atoms with Gasteiger partial charge in [0.1, 0.15) is 12.1 Å². The molecule has 0 saturated carbocycles. The predicted octanol–water partition coefficient (Wildman–Crippen LogP) is 1.69. The van der Waals surface area contributed by atoms with E-state index in [2.05, 4.69) is 17.0 Å². The maximum atomic E-state index is 14.3. The number of carbonyl (C=O) groups is 4. The zero-order valence-electron chi connectivity index (χ0n) is 36.3. The Hall–Kier alpha value is -3.80. The molecule has 8 atom stereocenters. The normalized spacial score (nSPS) is 19.6. The Morgan fingerprint density at radius 2 is 1.62 bits per heavy atom. The van der Waals surface area contributed by atoms with E-state index in [1.54, 1.807) is 55.1 Å². The van der Waals surface area contributed by atoms with Crippen molar-refractivity contribution in [1.82, 2.24) is 29.6 Å². The van der Waals surface area contributed by atoms with E-state index in [0.717, 1.165) is 31.0 Å². The van der Waals surface area contributed by atoms with Crippen LogP contribution in [0.4, 0.5) is 0 Å². The minimum atomic E-state index is -3.98. The lowest BCUT2D eigenvalue weighted by molar-refractivity contribution is -0.146. The molecule has 58 heavy (non-hydrogen) atoms. The minimum absolute atomic E-state index is 0.000921. The topological polar surface area (TPSA) is 196 Å². The Labute approximate surface area is 346 Å². The van der Waals surface area contributed by atoms with Crippen LogP contribution in [0.3, 0.4) is 0 Å². The van der Waals surface area contributed by atoms with E-state index in [9.17, 15) is 27.6 Å². The smallest absolute Gasteiger partial charge is 0.256 e. The van der Waals surface area contributed by atoms with E-state index in [1.807, 2.05) is 50.7 Å². The molecule has 0 radical (unpaired) electrons. The Morgan fingerprint density at radius 1 is 0.983 bits per heavy atom. The average molecular weight is 835 g/mol. The number of hydrogen-bond acceptors (Lipinski definition) is 10. The zero-order valence-corrected chi connectivity index (χ0v) is 37.2. The summed E-state index contributed by atoms with van der Waals surface area (Å²) in [4.78, 5) is 68.4. The molecular weight excluding hydrogens is 765 g/mol. The maximum Gasteiger partial charge on any atom is 0.256 e. The van der Waals surface area contributed by atoms with Crippen LogP contribution >= 0.6 is 0 Å². The van der Waals surface area contributed by atoms with Crippen LogP contribution in [0.25, 0.3) is 0 Å². The summed E-state index contributed by atoms with van der Waals surface area (Å²) in [6, 6.07) is 6.26. The van der Waals surface area contributed by atoms with Crippen molar-refractivity contribution < 1.29 is 37.1 Å². The fraction of sp³-hybridized carbons (Fsp3) is 0.732. The lowest BCUT2D eigenvalue weighted by Crippen LogP contribution is -2.56. The number of hydrogen-bond donors (Lipinski definition) is 3. The van der Waals surface area contributed by atoms with Crippen molar-refractivity contribution in [3.05, 3.63) is 35.9 Å². The lowest BCUT2D eigenvalue weighted by Gasteiger charge is -2.40. The molecule has 2 fully saturated rings. The number of carbonyl (C=O) groups excluding carboxylic acids is 4. The molecule has 0 aromatic heterocycles. The molecule has 2 aliphatic rings. The molecule has 2 aliphatic heterocycles. The van der Waals surface area contributed by atoms with E-state index in [0.29, 0.717) is 19.4 Å². The van der Waals surface area contributed by atoms with Gasteiger partial charge >= 0.3 is 0 Å². The van der Waals surface area contributed by atoms with Gasteiger partial charge in [-0.05, 0) is 43.2 Å². The molecule has 1 aromatic carbocycles. The van der Waals surface area contributed by atoms with Gasteiger partial charge in [-0.3, -0.25) is 23.9 Å². The minimum Gasteiger partial charge on any atom is -0.379 e. The fourth-order valence-electron chi connectivity index (χ4n) is 8.03. The van der Waals surface area contributed by atoms with Gasteiger partial charge in [-0.2, -0.15) is 0 Å². The van der Waals surface area contributed by atoms with Crippen molar-refractivity contribution in [2.75, 3.05) is 67.3 Å². The van der Waals surface area contributed by atoms with Crippen LogP contribution in [0.5, 0.6) is 0 Å². The summed E-state index contributed by atoms with van der Waals surface area (Å²) in [5.41, 5.74) is 6.21. The highest BCUT2D eigenvalue weighted by Crippen LogP contribution is 2.30. The highest BCUT2D eigenvalue weighted by molar-refractivity contribution is 7.90. The molecule has 0 aliphatic carbocycles. The van der Waals surface area contributed by atoms with E-state index in [1.165, 1.54) is 7.11 Å². The third-order valence-electron chi connectivity index (χ3n) is 11.6. The molecule has 2 heterocycles. The zero-order chi connectivity index (χ0) is 43.3. The van der Waals surface area contributed by atoms with Gasteiger partial charge in [0, 0.05) is 61.4 Å². The number of likely N-dealkylation sites (tertiary alicyclic amines) is 1. The number of sulfonamides is 1. The second-order valence-electron chi connectivity index (χ2n) is 16.2. The number of nitrogens with zero attached hydrogens (tertiary/aromatic N) is 5. The molecule has 0 bridgehead atoms. The molecule has 4 N–H and O–H groups in total. The Morgan fingerprint density at radius 3 is 2.17 bits per heavy atom. The molecule has 17 heteroatoms. The van der Waals surface area contributed by atoms with Crippen LogP contribution in [0.1, 0.15) is 72.3 Å². The number of nitrogens with two attached hydrogens (primary N) is 1. The van der Waals surface area contributed by atoms with Gasteiger partial charge in [0.05, 0.1) is 42.4 Å². The first kappa shape index (κ1) is 48.6. The highest BCUT2D eigenvalue weighted by atomic mass is 32.2. The van der Waals surface area contributed by atoms with Crippen molar-refractivity contribution in [3.63, 3.8) is 0 Å². The number of guanidine groups is 1. The third kappa shape index (κ3) is 12.8. The first-order valence-corrected chi connectivity index (χ1v) is 22.3. The van der Waals surface area contributed by atoms with Gasteiger partial charge in [0.25, 0.3) is 5.91 Å². The number of rotatable bonds is 22. The van der Waals surface area contributed by atoms with E-state index in [4.69, 9.17) is 20.2 Å². The van der Waals surface area contributed by atoms with Crippen LogP contribution in [0.2, 0.25) is 0 Å². The lowest BCUT2D eigenvalue weighted by atomic mass is 9.89. The van der Waals surface area contributed by atoms with Gasteiger partial charge in [0.2, 0.25) is 27.7 Å². The monoisotopic (exact) mass is 835 g/mol. The van der Waals surface area contributed by atoms with E-state index < -0.39 is 64.1 Å². The molecule has 0 spiro atoms. The van der Waals surface area contributed by atoms with E-state index in [-0.39, 0.29) is 55.2 Å². The number of amides is 4. The number of aliphatic imine (C=N–C) groups is 1. The summed E-state index contributed by atoms with van der Waals surface area (Å²) < 4.78 is 39.3. The molecule has 0 unspecified atom stereocenters. The largest absolute Gasteiger partial charge is 0.379 e. The van der Waals surface area contributed by atoms with Crippen LogP contribution in [0, 0.1) is 17.8 Å². The second-order valence-corrected chi connectivity index (χ2v) is 18.1. The summed E-state index contributed by atoms with van der Waals surface area (Å²) in [7, 11) is 4.78. The Balaban J connectivity index is 1.82. The van der Waals surface area contributed by atoms with Gasteiger partial charge in [-0.1, -0.05) is 71.4 Å². The Bertz CT molecular complexity index is 1630. The number of likely N-dealkylation sites (N-methyl/N-ethyl adjacent to an activating group) is 3. The maximum absolute atomic E-state index is 14.3. The first-order chi connectivity index (χ1) is 27.4. The van der Waals surface area contributed by atoms with Crippen molar-refractivity contribution in [2.45, 2.75) is 110 Å². The number of methoxy groups -OCH3 is 2. The van der Waals surface area contributed by atoms with Crippen molar-refractivity contribution in [3.8, 4) is 0 Å². The molecule has 1 aromatic rings.